The third-order valence-electron chi connectivity index (χ3n) is 5.79. The molecule has 9 heteroatoms. The van der Waals surface area contributed by atoms with Crippen molar-refractivity contribution < 1.29 is 14.1 Å². The molecule has 9 nitrogen and oxygen atoms in total. The summed E-state index contributed by atoms with van der Waals surface area (Å²) in [4.78, 5) is 30.0. The zero-order valence-electron chi connectivity index (χ0n) is 15.3. The number of likely N-dealkylation sites (N-methyl/N-ethyl adjacent to an activating group) is 1. The van der Waals surface area contributed by atoms with E-state index >= 15 is 0 Å². The highest BCUT2D eigenvalue weighted by Crippen LogP contribution is 2.29. The smallest absolute Gasteiger partial charge is 0.324 e. The van der Waals surface area contributed by atoms with E-state index in [1.807, 2.05) is 10.9 Å². The molecule has 2 aromatic rings. The van der Waals surface area contributed by atoms with Crippen molar-refractivity contribution in [2.75, 3.05) is 38.1 Å². The molecular formula is C18H22N6O3. The van der Waals surface area contributed by atoms with E-state index in [0.29, 0.717) is 25.4 Å². The van der Waals surface area contributed by atoms with Crippen LogP contribution in [0.4, 0.5) is 10.5 Å². The fourth-order valence-corrected chi connectivity index (χ4v) is 4.04. The molecule has 4 heterocycles. The number of hydrogen-bond acceptors (Lipinski definition) is 5. The van der Waals surface area contributed by atoms with Crippen LogP contribution in [0, 0.1) is 0 Å². The maximum absolute atomic E-state index is 12.7. The van der Waals surface area contributed by atoms with Gasteiger partial charge in [0.15, 0.2) is 0 Å². The maximum atomic E-state index is 12.7. The Morgan fingerprint density at radius 2 is 2.04 bits per heavy atom. The monoisotopic (exact) mass is 370 g/mol. The maximum Gasteiger partial charge on any atom is 0.324 e. The minimum absolute atomic E-state index is 0.00458. The number of urea groups is 1. The molecule has 0 saturated carbocycles. The largest absolute Gasteiger partial charge is 0.350 e. The second-order valence-electron chi connectivity index (χ2n) is 7.54. The second-order valence-corrected chi connectivity index (χ2v) is 7.54. The number of aromatic nitrogens is 3. The van der Waals surface area contributed by atoms with E-state index in [2.05, 4.69) is 10.3 Å². The molecule has 0 aromatic carbocycles. The van der Waals surface area contributed by atoms with Crippen LogP contribution in [0.3, 0.4) is 0 Å². The fourth-order valence-electron chi connectivity index (χ4n) is 4.04. The first-order valence-electron chi connectivity index (χ1n) is 9.45. The Hall–Kier alpha value is -2.84. The number of carbonyl (C=O) groups excluding carboxylic acids is 2. The van der Waals surface area contributed by atoms with Gasteiger partial charge in [0.25, 0.3) is 5.91 Å². The van der Waals surface area contributed by atoms with Gasteiger partial charge in [-0.25, -0.2) is 4.79 Å². The van der Waals surface area contributed by atoms with Gasteiger partial charge in [0.1, 0.15) is 0 Å². The summed E-state index contributed by atoms with van der Waals surface area (Å²) in [6.45, 7) is 2.57. The van der Waals surface area contributed by atoms with Gasteiger partial charge in [0.05, 0.1) is 23.6 Å². The summed E-state index contributed by atoms with van der Waals surface area (Å²) in [6.07, 6.45) is 7.56. The van der Waals surface area contributed by atoms with Gasteiger partial charge < -0.3 is 14.3 Å². The number of aryl methyl sites for hydroxylation is 1. The molecule has 2 fully saturated rings. The van der Waals surface area contributed by atoms with Crippen LogP contribution in [0.5, 0.6) is 0 Å². The van der Waals surface area contributed by atoms with Crippen LogP contribution in [0.15, 0.2) is 16.9 Å². The number of likely N-dealkylation sites (tertiary alicyclic amines) is 1. The first-order chi connectivity index (χ1) is 13.1. The topological polar surface area (TPSA) is 87.7 Å². The van der Waals surface area contributed by atoms with Crippen molar-refractivity contribution in [2.45, 2.75) is 31.7 Å². The summed E-state index contributed by atoms with van der Waals surface area (Å²) in [5, 5.41) is 8.47. The molecule has 0 N–H and O–H groups in total. The van der Waals surface area contributed by atoms with Gasteiger partial charge in [-0.05, 0) is 25.7 Å². The average molecular weight is 370 g/mol. The van der Waals surface area contributed by atoms with E-state index in [1.54, 1.807) is 27.9 Å². The number of amides is 3. The Morgan fingerprint density at radius 1 is 1.22 bits per heavy atom. The summed E-state index contributed by atoms with van der Waals surface area (Å²) < 4.78 is 7.21. The van der Waals surface area contributed by atoms with E-state index in [9.17, 15) is 9.59 Å². The number of fused-ring (bicyclic) bond motifs is 1. The molecular weight excluding hydrogens is 348 g/mol. The normalized spacial score (nSPS) is 20.2. The van der Waals surface area contributed by atoms with Gasteiger partial charge in [-0.3, -0.25) is 14.4 Å². The standard InChI is InChI=1S/C18H22N6O3/c1-21-6-7-23(18(21)26)12-8-19-24(11-12)13-9-22(10-13)17(25)16-14-4-2-3-5-15(14)20-27-16/h8,11,13H,2-7,9-10H2,1H3. The van der Waals surface area contributed by atoms with Crippen LogP contribution >= 0.6 is 0 Å². The Balaban J connectivity index is 1.24. The lowest BCUT2D eigenvalue weighted by molar-refractivity contribution is 0.0459. The summed E-state index contributed by atoms with van der Waals surface area (Å²) in [6, 6.07) is 0.118. The molecule has 0 spiro atoms. The molecule has 0 bridgehead atoms. The summed E-state index contributed by atoms with van der Waals surface area (Å²) in [7, 11) is 1.80. The van der Waals surface area contributed by atoms with Crippen LogP contribution in [-0.2, 0) is 12.8 Å². The van der Waals surface area contributed by atoms with Crippen molar-refractivity contribution in [1.29, 1.82) is 0 Å². The molecule has 2 aliphatic heterocycles. The summed E-state index contributed by atoms with van der Waals surface area (Å²) in [5.74, 6) is 0.334. The molecule has 0 unspecified atom stereocenters. The molecule has 3 aliphatic rings. The predicted molar refractivity (Wildman–Crippen MR) is 95.7 cm³/mol. The van der Waals surface area contributed by atoms with Gasteiger partial charge in [0, 0.05) is 45.0 Å². The zero-order chi connectivity index (χ0) is 18.5. The Morgan fingerprint density at radius 3 is 2.81 bits per heavy atom. The first-order valence-corrected chi connectivity index (χ1v) is 9.45. The Bertz CT molecular complexity index is 897. The lowest BCUT2D eigenvalue weighted by Gasteiger charge is -2.38. The molecule has 2 aromatic heterocycles. The van der Waals surface area contributed by atoms with Crippen molar-refractivity contribution in [1.82, 2.24) is 24.7 Å². The number of nitrogens with zero attached hydrogens (tertiary/aromatic N) is 6. The highest BCUT2D eigenvalue weighted by atomic mass is 16.5. The van der Waals surface area contributed by atoms with Crippen LogP contribution in [0.2, 0.25) is 0 Å². The third kappa shape index (κ3) is 2.60. The van der Waals surface area contributed by atoms with Crippen LogP contribution < -0.4 is 4.90 Å². The third-order valence-corrected chi connectivity index (χ3v) is 5.79. The Kier molecular flexibility index (Phi) is 3.70. The first kappa shape index (κ1) is 16.3. The lowest BCUT2D eigenvalue weighted by atomic mass is 9.95. The molecule has 3 amide bonds. The van der Waals surface area contributed by atoms with Gasteiger partial charge >= 0.3 is 6.03 Å². The molecule has 1 aliphatic carbocycles. The molecule has 27 heavy (non-hydrogen) atoms. The van der Waals surface area contributed by atoms with Crippen LogP contribution in [0.25, 0.3) is 0 Å². The molecule has 0 radical (unpaired) electrons. The lowest BCUT2D eigenvalue weighted by Crippen LogP contribution is -2.51. The van der Waals surface area contributed by atoms with E-state index < -0.39 is 0 Å². The van der Waals surface area contributed by atoms with E-state index in [0.717, 1.165) is 49.2 Å². The van der Waals surface area contributed by atoms with Gasteiger partial charge in [-0.15, -0.1) is 0 Å². The van der Waals surface area contributed by atoms with Crippen molar-refractivity contribution in [3.63, 3.8) is 0 Å². The van der Waals surface area contributed by atoms with Crippen molar-refractivity contribution >= 4 is 17.6 Å². The van der Waals surface area contributed by atoms with Gasteiger partial charge in [0.2, 0.25) is 5.76 Å². The average Bonchev–Trinajstić information content (AvgIpc) is 3.34. The van der Waals surface area contributed by atoms with Crippen LogP contribution in [-0.4, -0.2) is 69.9 Å². The molecule has 2 saturated heterocycles. The number of anilines is 1. The zero-order valence-corrected chi connectivity index (χ0v) is 15.3. The highest BCUT2D eigenvalue weighted by molar-refractivity contribution is 5.94. The van der Waals surface area contributed by atoms with E-state index in [-0.39, 0.29) is 18.0 Å². The van der Waals surface area contributed by atoms with Gasteiger partial charge in [-0.1, -0.05) is 5.16 Å². The van der Waals surface area contributed by atoms with Gasteiger partial charge in [-0.2, -0.15) is 5.10 Å². The minimum Gasteiger partial charge on any atom is -0.350 e. The highest BCUT2D eigenvalue weighted by Gasteiger charge is 2.37. The molecule has 0 atom stereocenters. The SMILES string of the molecule is CN1CCN(c2cnn(C3CN(C(=O)c4onc5c4CCCC5)C3)c2)C1=O. The van der Waals surface area contributed by atoms with E-state index in [1.165, 1.54) is 0 Å². The van der Waals surface area contributed by atoms with Crippen LogP contribution in [0.1, 0.15) is 40.7 Å². The number of rotatable bonds is 3. The van der Waals surface area contributed by atoms with Crippen molar-refractivity contribution in [3.05, 3.63) is 29.4 Å². The fraction of sp³-hybridized carbons (Fsp3) is 0.556. The van der Waals surface area contributed by atoms with Crippen molar-refractivity contribution in [3.8, 4) is 0 Å². The second kappa shape index (κ2) is 6.11. The molecule has 142 valence electrons. The summed E-state index contributed by atoms with van der Waals surface area (Å²) >= 11 is 0. The number of hydrogen-bond donors (Lipinski definition) is 0. The quantitative estimate of drug-likeness (QED) is 0.813. The Labute approximate surface area is 156 Å². The van der Waals surface area contributed by atoms with E-state index in [4.69, 9.17) is 4.52 Å². The van der Waals surface area contributed by atoms with Crippen molar-refractivity contribution in [2.24, 2.45) is 0 Å². The number of carbonyl (C=O) groups is 2. The summed E-state index contributed by atoms with van der Waals surface area (Å²) in [5.41, 5.74) is 2.74. The minimum atomic E-state index is -0.0781. The predicted octanol–water partition coefficient (Wildman–Crippen LogP) is 1.32. The molecule has 5 rings (SSSR count).